The summed E-state index contributed by atoms with van der Waals surface area (Å²) in [6.45, 7) is 2.45. The number of aromatic nitrogens is 6. The Balaban J connectivity index is 1.63. The van der Waals surface area contributed by atoms with Crippen molar-refractivity contribution in [1.82, 2.24) is 29.9 Å². The van der Waals surface area contributed by atoms with Crippen LogP contribution in [0.1, 0.15) is 11.3 Å². The number of nitrogens with one attached hydrogen (secondary N) is 2. The highest BCUT2D eigenvalue weighted by Crippen LogP contribution is 2.30. The molecule has 142 valence electrons. The molecule has 0 atom stereocenters. The predicted molar refractivity (Wildman–Crippen MR) is 114 cm³/mol. The molecular formula is C21H16ClN7. The van der Waals surface area contributed by atoms with E-state index in [2.05, 4.69) is 25.3 Å². The van der Waals surface area contributed by atoms with Crippen LogP contribution in [0.3, 0.4) is 0 Å². The molecule has 2 N–H and O–H groups in total. The zero-order chi connectivity index (χ0) is 19.8. The molecule has 7 nitrogen and oxygen atoms in total. The summed E-state index contributed by atoms with van der Waals surface area (Å²) in [5.74, 6) is 0.656. The van der Waals surface area contributed by atoms with Gasteiger partial charge in [0.05, 0.1) is 40.3 Å². The third kappa shape index (κ3) is 3.15. The van der Waals surface area contributed by atoms with Crippen molar-refractivity contribution < 1.29 is 0 Å². The first-order chi connectivity index (χ1) is 14.2. The first-order valence-corrected chi connectivity index (χ1v) is 9.47. The van der Waals surface area contributed by atoms with Crippen molar-refractivity contribution in [3.8, 4) is 11.3 Å². The molecule has 0 aliphatic rings. The molecule has 0 fully saturated rings. The van der Waals surface area contributed by atoms with E-state index in [1.54, 1.807) is 6.33 Å². The first kappa shape index (κ1) is 17.5. The molecule has 0 aliphatic carbocycles. The molecule has 3 aromatic heterocycles. The number of halogens is 1. The average molecular weight is 402 g/mol. The van der Waals surface area contributed by atoms with Crippen LogP contribution in [0.4, 0.5) is 5.82 Å². The smallest absolute Gasteiger partial charge is 0.182 e. The average Bonchev–Trinajstić information content (AvgIpc) is 3.22. The number of imidazole rings is 1. The van der Waals surface area contributed by atoms with Gasteiger partial charge in [-0.05, 0) is 24.6 Å². The highest BCUT2D eigenvalue weighted by molar-refractivity contribution is 6.33. The van der Waals surface area contributed by atoms with Crippen molar-refractivity contribution in [2.45, 2.75) is 13.5 Å². The number of hydrogen-bond acceptors (Lipinski definition) is 6. The summed E-state index contributed by atoms with van der Waals surface area (Å²) in [6.07, 6.45) is 3.08. The Morgan fingerprint density at radius 2 is 1.90 bits per heavy atom. The molecule has 0 saturated carbocycles. The highest BCUT2D eigenvalue weighted by Gasteiger charge is 2.15. The number of fused-ring (bicyclic) bond motifs is 2. The zero-order valence-electron chi connectivity index (χ0n) is 15.5. The van der Waals surface area contributed by atoms with Crippen molar-refractivity contribution in [2.24, 2.45) is 0 Å². The molecular weight excluding hydrogens is 386 g/mol. The van der Waals surface area contributed by atoms with Gasteiger partial charge < -0.3 is 10.3 Å². The van der Waals surface area contributed by atoms with Gasteiger partial charge in [0.1, 0.15) is 11.8 Å². The minimum atomic E-state index is 0.419. The van der Waals surface area contributed by atoms with Gasteiger partial charge in [-0.3, -0.25) is 0 Å². The zero-order valence-corrected chi connectivity index (χ0v) is 16.3. The Morgan fingerprint density at radius 1 is 1.00 bits per heavy atom. The molecule has 0 aliphatic heterocycles. The van der Waals surface area contributed by atoms with Crippen LogP contribution in [0.5, 0.6) is 0 Å². The number of anilines is 1. The van der Waals surface area contributed by atoms with E-state index in [1.807, 2.05) is 49.4 Å². The fraction of sp³-hybridized carbons (Fsp3) is 0.0952. The lowest BCUT2D eigenvalue weighted by molar-refractivity contribution is 1.03. The van der Waals surface area contributed by atoms with Crippen molar-refractivity contribution in [3.05, 3.63) is 71.4 Å². The van der Waals surface area contributed by atoms with Gasteiger partial charge in [0.25, 0.3) is 0 Å². The standard InChI is InChI=1S/C21H16ClN7/c1-12-5-4-8-15-17(12)29-18(13-6-2-3-7-14(13)22)16(28-15)9-23-20-19-21(25-10-24-19)27-11-26-20/h2-8,10-11H,9H2,1H3,(H2,23,24,25,26,27). The number of aryl methyl sites for hydroxylation is 1. The number of hydrogen-bond donors (Lipinski definition) is 2. The van der Waals surface area contributed by atoms with E-state index in [0.29, 0.717) is 23.0 Å². The summed E-state index contributed by atoms with van der Waals surface area (Å²) < 4.78 is 0. The van der Waals surface area contributed by atoms with E-state index in [4.69, 9.17) is 21.6 Å². The summed E-state index contributed by atoms with van der Waals surface area (Å²) >= 11 is 6.48. The number of para-hydroxylation sites is 1. The Kier molecular flexibility index (Phi) is 4.29. The molecule has 8 heteroatoms. The Bertz CT molecular complexity index is 1350. The fourth-order valence-electron chi connectivity index (χ4n) is 3.31. The van der Waals surface area contributed by atoms with Crippen LogP contribution in [0.25, 0.3) is 33.5 Å². The lowest BCUT2D eigenvalue weighted by Gasteiger charge is -2.13. The van der Waals surface area contributed by atoms with Gasteiger partial charge >= 0.3 is 0 Å². The molecule has 5 aromatic rings. The van der Waals surface area contributed by atoms with Crippen LogP contribution >= 0.6 is 11.6 Å². The van der Waals surface area contributed by atoms with E-state index in [9.17, 15) is 0 Å². The number of benzene rings is 2. The maximum Gasteiger partial charge on any atom is 0.182 e. The van der Waals surface area contributed by atoms with Crippen LogP contribution in [0.15, 0.2) is 55.1 Å². The second-order valence-electron chi connectivity index (χ2n) is 6.62. The molecule has 0 amide bonds. The summed E-state index contributed by atoms with van der Waals surface area (Å²) in [7, 11) is 0. The Labute approximate surface area is 171 Å². The molecule has 0 bridgehead atoms. The Morgan fingerprint density at radius 3 is 2.79 bits per heavy atom. The van der Waals surface area contributed by atoms with Crippen LogP contribution in [0.2, 0.25) is 5.02 Å². The molecule has 2 aromatic carbocycles. The number of aromatic amines is 1. The second-order valence-corrected chi connectivity index (χ2v) is 7.03. The van der Waals surface area contributed by atoms with Crippen LogP contribution in [-0.4, -0.2) is 29.9 Å². The van der Waals surface area contributed by atoms with Gasteiger partial charge in [0, 0.05) is 5.56 Å². The van der Waals surface area contributed by atoms with Crippen molar-refractivity contribution >= 4 is 39.6 Å². The molecule has 3 heterocycles. The van der Waals surface area contributed by atoms with E-state index in [0.717, 1.165) is 39.1 Å². The van der Waals surface area contributed by atoms with Crippen LogP contribution in [-0.2, 0) is 6.54 Å². The van der Waals surface area contributed by atoms with Crippen LogP contribution < -0.4 is 5.32 Å². The van der Waals surface area contributed by atoms with E-state index in [1.165, 1.54) is 6.33 Å². The molecule has 0 radical (unpaired) electrons. The van der Waals surface area contributed by atoms with Gasteiger partial charge in [0.15, 0.2) is 11.5 Å². The first-order valence-electron chi connectivity index (χ1n) is 9.10. The lowest BCUT2D eigenvalue weighted by Crippen LogP contribution is -2.08. The second kappa shape index (κ2) is 7.10. The summed E-state index contributed by atoms with van der Waals surface area (Å²) in [5.41, 5.74) is 6.50. The van der Waals surface area contributed by atoms with Gasteiger partial charge in [-0.25, -0.2) is 24.9 Å². The van der Waals surface area contributed by atoms with Crippen molar-refractivity contribution in [1.29, 1.82) is 0 Å². The summed E-state index contributed by atoms with van der Waals surface area (Å²) in [6, 6.07) is 13.6. The monoisotopic (exact) mass is 401 g/mol. The number of rotatable bonds is 4. The maximum absolute atomic E-state index is 6.48. The number of H-pyrrole nitrogens is 1. The van der Waals surface area contributed by atoms with Gasteiger partial charge in [-0.1, -0.05) is 41.9 Å². The van der Waals surface area contributed by atoms with Crippen molar-refractivity contribution in [2.75, 3.05) is 5.32 Å². The third-order valence-electron chi connectivity index (χ3n) is 4.74. The van der Waals surface area contributed by atoms with Crippen LogP contribution in [0, 0.1) is 6.92 Å². The molecule has 29 heavy (non-hydrogen) atoms. The lowest BCUT2D eigenvalue weighted by atomic mass is 10.1. The SMILES string of the molecule is Cc1cccc2nc(CNc3ncnc4nc[nH]c34)c(-c3ccccc3Cl)nc12. The quantitative estimate of drug-likeness (QED) is 0.459. The van der Waals surface area contributed by atoms with E-state index < -0.39 is 0 Å². The van der Waals surface area contributed by atoms with E-state index in [-0.39, 0.29) is 0 Å². The van der Waals surface area contributed by atoms with Gasteiger partial charge in [-0.2, -0.15) is 0 Å². The third-order valence-corrected chi connectivity index (χ3v) is 5.07. The molecule has 5 rings (SSSR count). The molecule has 0 unspecified atom stereocenters. The topological polar surface area (TPSA) is 92.3 Å². The van der Waals surface area contributed by atoms with Gasteiger partial charge in [-0.15, -0.1) is 0 Å². The normalized spacial score (nSPS) is 11.2. The molecule has 0 spiro atoms. The summed E-state index contributed by atoms with van der Waals surface area (Å²) in [5, 5.41) is 3.96. The minimum Gasteiger partial charge on any atom is -0.362 e. The molecule has 0 saturated heterocycles. The summed E-state index contributed by atoms with van der Waals surface area (Å²) in [4.78, 5) is 25.5. The van der Waals surface area contributed by atoms with Crippen molar-refractivity contribution in [3.63, 3.8) is 0 Å². The van der Waals surface area contributed by atoms with Gasteiger partial charge in [0.2, 0.25) is 0 Å². The fourth-order valence-corrected chi connectivity index (χ4v) is 3.54. The Hall–Kier alpha value is -3.58. The minimum absolute atomic E-state index is 0.419. The number of nitrogens with zero attached hydrogens (tertiary/aromatic N) is 5. The largest absolute Gasteiger partial charge is 0.362 e. The maximum atomic E-state index is 6.48. The highest BCUT2D eigenvalue weighted by atomic mass is 35.5. The predicted octanol–water partition coefficient (Wildman–Crippen LogP) is 4.54. The van der Waals surface area contributed by atoms with E-state index >= 15 is 0 Å².